The van der Waals surface area contributed by atoms with E-state index >= 15 is 0 Å². The van der Waals surface area contributed by atoms with Gasteiger partial charge in [0.2, 0.25) is 0 Å². The summed E-state index contributed by atoms with van der Waals surface area (Å²) in [5.41, 5.74) is 4.12. The molecule has 0 bridgehead atoms. The van der Waals surface area contributed by atoms with Gasteiger partial charge in [-0.3, -0.25) is 4.98 Å². The number of nitrogens with zero attached hydrogens (tertiary/aromatic N) is 1. The number of aliphatic hydroxyl groups excluding tert-OH is 1. The number of aromatic carboxylic acids is 1. The molecule has 0 fully saturated rings. The Morgan fingerprint density at radius 3 is 3.00 bits per heavy atom. The summed E-state index contributed by atoms with van der Waals surface area (Å²) < 4.78 is 5.27. The highest BCUT2D eigenvalue weighted by Gasteiger charge is 2.19. The van der Waals surface area contributed by atoms with Crippen LogP contribution in [0.2, 0.25) is 0 Å². The van der Waals surface area contributed by atoms with Crippen LogP contribution in [-0.4, -0.2) is 42.4 Å². The Morgan fingerprint density at radius 2 is 2.22 bits per heavy atom. The second-order valence-electron chi connectivity index (χ2n) is 5.55. The minimum absolute atomic E-state index is 0.00254. The number of benzene rings is 1. The third-order valence-electron chi connectivity index (χ3n) is 4.03. The summed E-state index contributed by atoms with van der Waals surface area (Å²) in [4.78, 5) is 15.8. The number of aromatic nitrogens is 1. The normalized spacial score (nSPS) is 13.3. The molecule has 1 aliphatic carbocycles. The highest BCUT2D eigenvalue weighted by molar-refractivity contribution is 5.99. The molecule has 0 saturated carbocycles. The number of hydrogen-bond acceptors (Lipinski definition) is 6. The SMILES string of the molecule is O=C([O-])c1ccc2nc3c(c(NCCOCCO)c2c1)CCC3. The quantitative estimate of drug-likeness (QED) is 0.723. The van der Waals surface area contributed by atoms with Gasteiger partial charge in [-0.25, -0.2) is 0 Å². The Balaban J connectivity index is 1.94. The minimum atomic E-state index is -1.19. The fraction of sp³-hybridized carbons (Fsp3) is 0.412. The van der Waals surface area contributed by atoms with Gasteiger partial charge in [0.1, 0.15) is 0 Å². The first-order chi connectivity index (χ1) is 11.2. The number of aliphatic hydroxyl groups is 1. The van der Waals surface area contributed by atoms with E-state index in [1.165, 1.54) is 6.07 Å². The number of anilines is 1. The van der Waals surface area contributed by atoms with Gasteiger partial charge in [0, 0.05) is 23.3 Å². The molecule has 122 valence electrons. The van der Waals surface area contributed by atoms with E-state index in [2.05, 4.69) is 10.3 Å². The first kappa shape index (κ1) is 15.7. The molecule has 0 aliphatic heterocycles. The van der Waals surface area contributed by atoms with Crippen LogP contribution in [0.15, 0.2) is 18.2 Å². The molecule has 2 aromatic rings. The largest absolute Gasteiger partial charge is 0.545 e. The summed E-state index contributed by atoms with van der Waals surface area (Å²) in [5, 5.41) is 24.0. The molecular formula is C17H19N2O4-. The second-order valence-corrected chi connectivity index (χ2v) is 5.55. The fourth-order valence-corrected chi connectivity index (χ4v) is 3.01. The van der Waals surface area contributed by atoms with Crippen molar-refractivity contribution in [2.75, 3.05) is 31.7 Å². The highest BCUT2D eigenvalue weighted by Crippen LogP contribution is 2.34. The average Bonchev–Trinajstić information content (AvgIpc) is 3.01. The van der Waals surface area contributed by atoms with Gasteiger partial charge in [-0.05, 0) is 42.5 Å². The maximum atomic E-state index is 11.1. The molecule has 0 radical (unpaired) electrons. The Bertz CT molecular complexity index is 730. The van der Waals surface area contributed by atoms with Gasteiger partial charge in [0.05, 0.1) is 31.3 Å². The lowest BCUT2D eigenvalue weighted by atomic mass is 10.0. The van der Waals surface area contributed by atoms with E-state index in [4.69, 9.17) is 9.84 Å². The van der Waals surface area contributed by atoms with E-state index in [0.717, 1.165) is 47.1 Å². The average molecular weight is 315 g/mol. The van der Waals surface area contributed by atoms with Crippen LogP contribution < -0.4 is 10.4 Å². The van der Waals surface area contributed by atoms with Gasteiger partial charge in [-0.1, -0.05) is 6.07 Å². The Kier molecular flexibility index (Phi) is 4.73. The van der Waals surface area contributed by atoms with Crippen molar-refractivity contribution >= 4 is 22.6 Å². The van der Waals surface area contributed by atoms with Crippen molar-refractivity contribution < 1.29 is 19.7 Å². The summed E-state index contributed by atoms with van der Waals surface area (Å²) in [6, 6.07) is 4.87. The molecule has 6 heteroatoms. The molecule has 1 heterocycles. The molecule has 0 spiro atoms. The van der Waals surface area contributed by atoms with Crippen molar-refractivity contribution in [2.24, 2.45) is 0 Å². The topological polar surface area (TPSA) is 94.5 Å². The smallest absolute Gasteiger partial charge is 0.0726 e. The number of carbonyl (C=O) groups is 1. The number of carbonyl (C=O) groups excluding carboxylic acids is 1. The summed E-state index contributed by atoms with van der Waals surface area (Å²) in [6.45, 7) is 1.37. The third-order valence-corrected chi connectivity index (χ3v) is 4.03. The van der Waals surface area contributed by atoms with E-state index < -0.39 is 5.97 Å². The standard InChI is InChI=1S/C17H20N2O4/c20-7-9-23-8-6-18-16-12-2-1-3-14(12)19-15-5-4-11(17(21)22)10-13(15)16/h4-5,10,20H,1-3,6-9H2,(H,18,19)(H,21,22)/p-1. The number of rotatable bonds is 7. The van der Waals surface area contributed by atoms with E-state index in [-0.39, 0.29) is 12.2 Å². The van der Waals surface area contributed by atoms with Crippen LogP contribution in [0, 0.1) is 0 Å². The molecule has 2 N–H and O–H groups in total. The lowest BCUT2D eigenvalue weighted by molar-refractivity contribution is -0.255. The van der Waals surface area contributed by atoms with E-state index in [1.807, 2.05) is 0 Å². The molecule has 6 nitrogen and oxygen atoms in total. The van der Waals surface area contributed by atoms with Crippen molar-refractivity contribution in [3.05, 3.63) is 35.0 Å². The first-order valence-corrected chi connectivity index (χ1v) is 7.80. The van der Waals surface area contributed by atoms with E-state index in [1.54, 1.807) is 12.1 Å². The van der Waals surface area contributed by atoms with E-state index in [9.17, 15) is 9.90 Å². The van der Waals surface area contributed by atoms with Crippen LogP contribution in [0.25, 0.3) is 10.9 Å². The number of carboxylic acids is 1. The van der Waals surface area contributed by atoms with Crippen LogP contribution in [0.4, 0.5) is 5.69 Å². The van der Waals surface area contributed by atoms with Crippen LogP contribution >= 0.6 is 0 Å². The number of carboxylic acid groups (broad SMARTS) is 1. The van der Waals surface area contributed by atoms with Crippen LogP contribution in [0.3, 0.4) is 0 Å². The fourth-order valence-electron chi connectivity index (χ4n) is 3.01. The van der Waals surface area contributed by atoms with Crippen molar-refractivity contribution in [1.29, 1.82) is 0 Å². The number of pyridine rings is 1. The summed E-state index contributed by atoms with van der Waals surface area (Å²) in [7, 11) is 0. The van der Waals surface area contributed by atoms with Gasteiger partial charge in [0.15, 0.2) is 0 Å². The zero-order chi connectivity index (χ0) is 16.2. The van der Waals surface area contributed by atoms with Gasteiger partial charge >= 0.3 is 0 Å². The molecule has 0 amide bonds. The van der Waals surface area contributed by atoms with Gasteiger partial charge in [-0.2, -0.15) is 0 Å². The lowest BCUT2D eigenvalue weighted by Gasteiger charge is -2.16. The summed E-state index contributed by atoms with van der Waals surface area (Å²) >= 11 is 0. The maximum absolute atomic E-state index is 11.1. The van der Waals surface area contributed by atoms with Gasteiger partial charge in [0.25, 0.3) is 0 Å². The zero-order valence-electron chi connectivity index (χ0n) is 12.8. The Labute approximate surface area is 134 Å². The third kappa shape index (κ3) is 3.28. The Morgan fingerprint density at radius 1 is 1.35 bits per heavy atom. The molecule has 23 heavy (non-hydrogen) atoms. The summed E-state index contributed by atoms with van der Waals surface area (Å²) in [5.74, 6) is -1.19. The summed E-state index contributed by atoms with van der Waals surface area (Å²) in [6.07, 6.45) is 2.94. The van der Waals surface area contributed by atoms with E-state index in [0.29, 0.717) is 19.8 Å². The second kappa shape index (κ2) is 6.93. The number of fused-ring (bicyclic) bond motifs is 2. The van der Waals surface area contributed by atoms with Gasteiger partial charge in [-0.15, -0.1) is 0 Å². The highest BCUT2D eigenvalue weighted by atomic mass is 16.5. The number of nitrogens with one attached hydrogen (secondary N) is 1. The molecular weight excluding hydrogens is 296 g/mol. The predicted octanol–water partition coefficient (Wildman–Crippen LogP) is 0.508. The van der Waals surface area contributed by atoms with Crippen molar-refractivity contribution in [3.8, 4) is 0 Å². The first-order valence-electron chi connectivity index (χ1n) is 7.80. The van der Waals surface area contributed by atoms with Crippen molar-refractivity contribution in [3.63, 3.8) is 0 Å². The van der Waals surface area contributed by atoms with Gasteiger partial charge < -0.3 is 25.1 Å². The van der Waals surface area contributed by atoms with Crippen LogP contribution in [0.5, 0.6) is 0 Å². The number of hydrogen-bond donors (Lipinski definition) is 2. The molecule has 0 atom stereocenters. The van der Waals surface area contributed by atoms with Crippen LogP contribution in [-0.2, 0) is 17.6 Å². The number of aryl methyl sites for hydroxylation is 1. The monoisotopic (exact) mass is 315 g/mol. The Hall–Kier alpha value is -2.18. The molecule has 1 aromatic carbocycles. The predicted molar refractivity (Wildman–Crippen MR) is 84.5 cm³/mol. The van der Waals surface area contributed by atoms with Crippen LogP contribution in [0.1, 0.15) is 28.0 Å². The molecule has 1 aliphatic rings. The molecule has 1 aromatic heterocycles. The minimum Gasteiger partial charge on any atom is -0.545 e. The number of ether oxygens (including phenoxy) is 1. The molecule has 0 unspecified atom stereocenters. The lowest BCUT2D eigenvalue weighted by Crippen LogP contribution is -2.22. The van der Waals surface area contributed by atoms with Crippen molar-refractivity contribution in [2.45, 2.75) is 19.3 Å². The zero-order valence-corrected chi connectivity index (χ0v) is 12.8. The van der Waals surface area contributed by atoms with Crippen molar-refractivity contribution in [1.82, 2.24) is 4.98 Å². The maximum Gasteiger partial charge on any atom is 0.0726 e. The molecule has 0 saturated heterocycles. The molecule has 3 rings (SSSR count).